The normalized spacial score (nSPS) is 24.8. The zero-order chi connectivity index (χ0) is 12.4. The smallest absolute Gasteiger partial charge is 0.272 e. The lowest BCUT2D eigenvalue weighted by molar-refractivity contribution is 0.0504. The van der Waals surface area contributed by atoms with Gasteiger partial charge in [0.1, 0.15) is 10.8 Å². The summed E-state index contributed by atoms with van der Waals surface area (Å²) in [4.78, 5) is 18.4. The van der Waals surface area contributed by atoms with Gasteiger partial charge >= 0.3 is 0 Å². The predicted octanol–water partition coefficient (Wildman–Crippen LogP) is 3.14. The Balaban J connectivity index is 2.24. The molecule has 0 N–H and O–H groups in total. The minimum atomic E-state index is -0.00722. The molecule has 0 bridgehead atoms. The van der Waals surface area contributed by atoms with E-state index in [1.54, 1.807) is 18.2 Å². The summed E-state index contributed by atoms with van der Waals surface area (Å²) in [6.45, 7) is 4.19. The van der Waals surface area contributed by atoms with Gasteiger partial charge in [0.2, 0.25) is 0 Å². The van der Waals surface area contributed by atoms with E-state index >= 15 is 0 Å². The zero-order valence-electron chi connectivity index (χ0n) is 10.2. The highest BCUT2D eigenvalue weighted by Gasteiger charge is 2.30. The van der Waals surface area contributed by atoms with E-state index in [9.17, 15) is 4.79 Å². The summed E-state index contributed by atoms with van der Waals surface area (Å²) < 4.78 is 0. The number of amides is 1. The molecular formula is C13H17ClN2O. The number of rotatable bonds is 1. The van der Waals surface area contributed by atoms with Crippen molar-refractivity contribution in [2.75, 3.05) is 0 Å². The number of pyridine rings is 1. The third-order valence-corrected chi connectivity index (χ3v) is 3.57. The summed E-state index contributed by atoms with van der Waals surface area (Å²) in [5.74, 6) is -0.00722. The van der Waals surface area contributed by atoms with Crippen molar-refractivity contribution in [3.05, 3.63) is 29.0 Å². The number of aromatic nitrogens is 1. The molecule has 1 aromatic rings. The average molecular weight is 253 g/mol. The number of hydrogen-bond donors (Lipinski definition) is 0. The van der Waals surface area contributed by atoms with Crippen molar-refractivity contribution in [2.45, 2.75) is 45.2 Å². The van der Waals surface area contributed by atoms with Gasteiger partial charge in [-0.05, 0) is 45.2 Å². The van der Waals surface area contributed by atoms with Crippen molar-refractivity contribution in [3.63, 3.8) is 0 Å². The minimum Gasteiger partial charge on any atom is -0.332 e. The first-order valence-electron chi connectivity index (χ1n) is 6.05. The zero-order valence-corrected chi connectivity index (χ0v) is 10.9. The lowest BCUT2D eigenvalue weighted by atomic mass is 9.97. The van der Waals surface area contributed by atoms with Crippen molar-refractivity contribution < 1.29 is 4.79 Å². The second kappa shape index (κ2) is 5.05. The van der Waals surface area contributed by atoms with Crippen molar-refractivity contribution in [3.8, 4) is 0 Å². The molecule has 0 aliphatic carbocycles. The Morgan fingerprint density at radius 3 is 2.59 bits per heavy atom. The molecule has 0 saturated carbocycles. The number of nitrogens with zero attached hydrogens (tertiary/aromatic N) is 2. The fourth-order valence-electron chi connectivity index (χ4n) is 2.48. The number of piperidine rings is 1. The van der Waals surface area contributed by atoms with Crippen LogP contribution in [0.25, 0.3) is 0 Å². The summed E-state index contributed by atoms with van der Waals surface area (Å²) in [6, 6.07) is 5.74. The van der Waals surface area contributed by atoms with Gasteiger partial charge in [-0.15, -0.1) is 0 Å². The van der Waals surface area contributed by atoms with Gasteiger partial charge in [-0.25, -0.2) is 4.98 Å². The fraction of sp³-hybridized carbons (Fsp3) is 0.538. The van der Waals surface area contributed by atoms with E-state index in [2.05, 4.69) is 18.8 Å². The second-order valence-electron chi connectivity index (χ2n) is 4.69. The number of halogens is 1. The van der Waals surface area contributed by atoms with Gasteiger partial charge in [0.15, 0.2) is 0 Å². The van der Waals surface area contributed by atoms with Crippen LogP contribution in [0, 0.1) is 0 Å². The summed E-state index contributed by atoms with van der Waals surface area (Å²) in [5.41, 5.74) is 0.443. The van der Waals surface area contributed by atoms with Crippen molar-refractivity contribution in [1.82, 2.24) is 9.88 Å². The molecule has 2 atom stereocenters. The van der Waals surface area contributed by atoms with Crippen LogP contribution in [-0.2, 0) is 0 Å². The molecule has 92 valence electrons. The van der Waals surface area contributed by atoms with Gasteiger partial charge in [-0.2, -0.15) is 0 Å². The number of hydrogen-bond acceptors (Lipinski definition) is 2. The Bertz CT molecular complexity index is 412. The summed E-state index contributed by atoms with van der Waals surface area (Å²) in [5, 5.41) is 0.369. The second-order valence-corrected chi connectivity index (χ2v) is 5.07. The topological polar surface area (TPSA) is 33.2 Å². The van der Waals surface area contributed by atoms with Crippen LogP contribution in [0.3, 0.4) is 0 Å². The van der Waals surface area contributed by atoms with Crippen LogP contribution in [0.15, 0.2) is 18.2 Å². The van der Waals surface area contributed by atoms with Gasteiger partial charge in [0, 0.05) is 12.1 Å². The Kier molecular flexibility index (Phi) is 3.67. The Morgan fingerprint density at radius 2 is 2.00 bits per heavy atom. The molecule has 1 saturated heterocycles. The number of carbonyl (C=O) groups is 1. The van der Waals surface area contributed by atoms with Crippen molar-refractivity contribution >= 4 is 17.5 Å². The summed E-state index contributed by atoms with van der Waals surface area (Å²) >= 11 is 5.82. The first-order valence-corrected chi connectivity index (χ1v) is 6.42. The van der Waals surface area contributed by atoms with Crippen molar-refractivity contribution in [2.24, 2.45) is 0 Å². The highest BCUT2D eigenvalue weighted by atomic mass is 35.5. The van der Waals surface area contributed by atoms with Crippen molar-refractivity contribution in [1.29, 1.82) is 0 Å². The number of carbonyl (C=O) groups excluding carboxylic acids is 1. The Hall–Kier alpha value is -1.09. The maximum atomic E-state index is 12.4. The molecule has 0 spiro atoms. The monoisotopic (exact) mass is 252 g/mol. The maximum Gasteiger partial charge on any atom is 0.272 e. The highest BCUT2D eigenvalue weighted by molar-refractivity contribution is 6.29. The molecule has 1 fully saturated rings. The van der Waals surface area contributed by atoms with E-state index in [-0.39, 0.29) is 18.0 Å². The molecule has 4 heteroatoms. The SMILES string of the molecule is C[C@@H]1CCC[C@H](C)N1C(=O)c1cccc(Cl)n1. The molecule has 1 aliphatic rings. The van der Waals surface area contributed by atoms with E-state index in [1.807, 2.05) is 4.90 Å². The van der Waals surface area contributed by atoms with Gasteiger partial charge in [0.25, 0.3) is 5.91 Å². The molecule has 3 nitrogen and oxygen atoms in total. The average Bonchev–Trinajstić information content (AvgIpc) is 2.28. The standard InChI is InChI=1S/C13H17ClN2O/c1-9-5-3-6-10(2)16(9)13(17)11-7-4-8-12(14)15-11/h4,7-10H,3,5-6H2,1-2H3/t9-,10+. The first-order chi connectivity index (χ1) is 8.09. The summed E-state index contributed by atoms with van der Waals surface area (Å²) in [7, 11) is 0. The fourth-order valence-corrected chi connectivity index (χ4v) is 2.65. The predicted molar refractivity (Wildman–Crippen MR) is 68.2 cm³/mol. The summed E-state index contributed by atoms with van der Waals surface area (Å²) in [6.07, 6.45) is 3.32. The molecule has 1 aliphatic heterocycles. The third-order valence-electron chi connectivity index (χ3n) is 3.36. The van der Waals surface area contributed by atoms with Crippen LogP contribution in [0.2, 0.25) is 5.15 Å². The molecule has 2 heterocycles. The lowest BCUT2D eigenvalue weighted by Crippen LogP contribution is -2.47. The molecule has 0 radical (unpaired) electrons. The van der Waals surface area contributed by atoms with Gasteiger partial charge in [-0.1, -0.05) is 17.7 Å². The lowest BCUT2D eigenvalue weighted by Gasteiger charge is -2.38. The molecule has 17 heavy (non-hydrogen) atoms. The van der Waals surface area contributed by atoms with Gasteiger partial charge in [0.05, 0.1) is 0 Å². The molecular weight excluding hydrogens is 236 g/mol. The quantitative estimate of drug-likeness (QED) is 0.720. The third kappa shape index (κ3) is 2.60. The Morgan fingerprint density at radius 1 is 1.35 bits per heavy atom. The van der Waals surface area contributed by atoms with Crippen LogP contribution in [0.1, 0.15) is 43.6 Å². The molecule has 1 aromatic heterocycles. The number of likely N-dealkylation sites (tertiary alicyclic amines) is 1. The van der Waals surface area contributed by atoms with E-state index < -0.39 is 0 Å². The Labute approximate surface area is 107 Å². The molecule has 1 amide bonds. The van der Waals surface area contributed by atoms with E-state index in [0.29, 0.717) is 10.8 Å². The van der Waals surface area contributed by atoms with E-state index in [4.69, 9.17) is 11.6 Å². The van der Waals surface area contributed by atoms with Gasteiger partial charge in [-0.3, -0.25) is 4.79 Å². The van der Waals surface area contributed by atoms with Gasteiger partial charge < -0.3 is 4.90 Å². The first kappa shape index (κ1) is 12.4. The largest absolute Gasteiger partial charge is 0.332 e. The van der Waals surface area contributed by atoms with Crippen LogP contribution < -0.4 is 0 Å². The van der Waals surface area contributed by atoms with Crippen LogP contribution in [0.5, 0.6) is 0 Å². The van der Waals surface area contributed by atoms with E-state index in [0.717, 1.165) is 12.8 Å². The van der Waals surface area contributed by atoms with Crippen LogP contribution in [-0.4, -0.2) is 27.9 Å². The molecule has 0 unspecified atom stereocenters. The van der Waals surface area contributed by atoms with Crippen LogP contribution >= 0.6 is 11.6 Å². The maximum absolute atomic E-state index is 12.4. The molecule has 2 rings (SSSR count). The molecule has 0 aromatic carbocycles. The minimum absolute atomic E-state index is 0.00722. The highest BCUT2D eigenvalue weighted by Crippen LogP contribution is 2.24. The van der Waals surface area contributed by atoms with E-state index in [1.165, 1.54) is 6.42 Å². The van der Waals surface area contributed by atoms with Crippen LogP contribution in [0.4, 0.5) is 0 Å².